The van der Waals surface area contributed by atoms with E-state index >= 15 is 0 Å². The molecule has 140 valence electrons. The Morgan fingerprint density at radius 3 is 2.52 bits per heavy atom. The van der Waals surface area contributed by atoms with Crippen LogP contribution in [0.3, 0.4) is 0 Å². The van der Waals surface area contributed by atoms with Gasteiger partial charge in [0.05, 0.1) is 21.9 Å². The van der Waals surface area contributed by atoms with Gasteiger partial charge in [-0.25, -0.2) is 0 Å². The SMILES string of the molecule is C=CCNC(=O)c1ccccc1NC(=O)CSCc1ccc([N+](=O)[O-])cc1. The van der Waals surface area contributed by atoms with Gasteiger partial charge in [-0.1, -0.05) is 30.3 Å². The van der Waals surface area contributed by atoms with Gasteiger partial charge >= 0.3 is 0 Å². The van der Waals surface area contributed by atoms with E-state index in [-0.39, 0.29) is 23.3 Å². The molecule has 0 aliphatic carbocycles. The number of hydrogen-bond donors (Lipinski definition) is 2. The Kier molecular flexibility index (Phi) is 7.57. The van der Waals surface area contributed by atoms with Gasteiger partial charge in [0.1, 0.15) is 0 Å². The highest BCUT2D eigenvalue weighted by molar-refractivity contribution is 7.99. The minimum absolute atomic E-state index is 0.0350. The molecule has 0 saturated carbocycles. The summed E-state index contributed by atoms with van der Waals surface area (Å²) in [4.78, 5) is 34.5. The first-order valence-corrected chi connectivity index (χ1v) is 9.25. The number of rotatable bonds is 9. The van der Waals surface area contributed by atoms with Crippen LogP contribution in [0.4, 0.5) is 11.4 Å². The number of amides is 2. The molecule has 8 heteroatoms. The van der Waals surface area contributed by atoms with Crippen LogP contribution in [0, 0.1) is 10.1 Å². The van der Waals surface area contributed by atoms with Crippen LogP contribution < -0.4 is 10.6 Å². The van der Waals surface area contributed by atoms with Gasteiger partial charge in [-0.05, 0) is 17.7 Å². The smallest absolute Gasteiger partial charge is 0.269 e. The van der Waals surface area contributed by atoms with Gasteiger partial charge in [0, 0.05) is 24.4 Å². The van der Waals surface area contributed by atoms with E-state index in [1.807, 2.05) is 0 Å². The summed E-state index contributed by atoms with van der Waals surface area (Å²) < 4.78 is 0. The molecule has 2 rings (SSSR count). The molecule has 0 fully saturated rings. The van der Waals surface area contributed by atoms with Gasteiger partial charge in [-0.2, -0.15) is 0 Å². The number of anilines is 1. The summed E-state index contributed by atoms with van der Waals surface area (Å²) in [6, 6.07) is 13.0. The number of thioether (sulfide) groups is 1. The Morgan fingerprint density at radius 2 is 1.85 bits per heavy atom. The summed E-state index contributed by atoms with van der Waals surface area (Å²) in [5, 5.41) is 16.1. The zero-order chi connectivity index (χ0) is 19.6. The summed E-state index contributed by atoms with van der Waals surface area (Å²) >= 11 is 1.38. The molecule has 27 heavy (non-hydrogen) atoms. The van der Waals surface area contributed by atoms with Crippen molar-refractivity contribution in [2.24, 2.45) is 0 Å². The lowest BCUT2D eigenvalue weighted by molar-refractivity contribution is -0.384. The summed E-state index contributed by atoms with van der Waals surface area (Å²) in [6.07, 6.45) is 1.58. The summed E-state index contributed by atoms with van der Waals surface area (Å²) in [5.41, 5.74) is 1.75. The Hall–Kier alpha value is -3.13. The second kappa shape index (κ2) is 10.1. The van der Waals surface area contributed by atoms with Crippen LogP contribution in [0.15, 0.2) is 61.2 Å². The van der Waals surface area contributed by atoms with Crippen molar-refractivity contribution < 1.29 is 14.5 Å². The van der Waals surface area contributed by atoms with Gasteiger partial charge in [0.25, 0.3) is 11.6 Å². The minimum Gasteiger partial charge on any atom is -0.349 e. The first kappa shape index (κ1) is 20.2. The van der Waals surface area contributed by atoms with Crippen LogP contribution in [0.1, 0.15) is 15.9 Å². The van der Waals surface area contributed by atoms with Crippen LogP contribution >= 0.6 is 11.8 Å². The molecule has 0 heterocycles. The average Bonchev–Trinajstić information content (AvgIpc) is 2.67. The molecule has 0 aliphatic rings. The van der Waals surface area contributed by atoms with Crippen molar-refractivity contribution in [3.63, 3.8) is 0 Å². The summed E-state index contributed by atoms with van der Waals surface area (Å²) in [5.74, 6) is 0.224. The fourth-order valence-corrected chi connectivity index (χ4v) is 3.00. The average molecular weight is 385 g/mol. The third kappa shape index (κ3) is 6.27. The number of nitro benzene ring substituents is 1. The molecule has 0 bridgehead atoms. The van der Waals surface area contributed by atoms with E-state index in [1.165, 1.54) is 23.9 Å². The Bertz CT molecular complexity index is 837. The molecule has 0 aliphatic heterocycles. The lowest BCUT2D eigenvalue weighted by atomic mass is 10.1. The number of benzene rings is 2. The van der Waals surface area contributed by atoms with E-state index in [4.69, 9.17) is 0 Å². The van der Waals surface area contributed by atoms with Crippen molar-refractivity contribution >= 4 is 35.0 Å². The molecule has 0 atom stereocenters. The van der Waals surface area contributed by atoms with E-state index < -0.39 is 4.92 Å². The molecule has 2 N–H and O–H groups in total. The third-order valence-electron chi connectivity index (χ3n) is 3.50. The molecule has 2 amide bonds. The van der Waals surface area contributed by atoms with Crippen molar-refractivity contribution in [2.75, 3.05) is 17.6 Å². The highest BCUT2D eigenvalue weighted by atomic mass is 32.2. The Balaban J connectivity index is 1.88. The molecule has 0 unspecified atom stereocenters. The normalized spacial score (nSPS) is 10.1. The Labute approximate surface area is 161 Å². The highest BCUT2D eigenvalue weighted by Crippen LogP contribution is 2.18. The van der Waals surface area contributed by atoms with Gasteiger partial charge in [0.15, 0.2) is 0 Å². The molecule has 0 spiro atoms. The summed E-state index contributed by atoms with van der Waals surface area (Å²) in [6.45, 7) is 3.89. The quantitative estimate of drug-likeness (QED) is 0.391. The number of carbonyl (C=O) groups is 2. The zero-order valence-corrected chi connectivity index (χ0v) is 15.3. The number of non-ortho nitro benzene ring substituents is 1. The highest BCUT2D eigenvalue weighted by Gasteiger charge is 2.12. The van der Waals surface area contributed by atoms with E-state index in [2.05, 4.69) is 17.2 Å². The molecule has 2 aromatic rings. The second-order valence-electron chi connectivity index (χ2n) is 5.51. The predicted octanol–water partition coefficient (Wildman–Crippen LogP) is 3.38. The molecule has 0 aromatic heterocycles. The van der Waals surface area contributed by atoms with E-state index in [0.29, 0.717) is 23.5 Å². The van der Waals surface area contributed by atoms with Crippen LogP contribution in [-0.2, 0) is 10.5 Å². The maximum Gasteiger partial charge on any atom is 0.269 e. The standard InChI is InChI=1S/C19H19N3O4S/c1-2-11-20-19(24)16-5-3-4-6-17(16)21-18(23)13-27-12-14-7-9-15(10-8-14)22(25)26/h2-10H,1,11-13H2,(H,20,24)(H,21,23). The lowest BCUT2D eigenvalue weighted by Crippen LogP contribution is -2.25. The van der Waals surface area contributed by atoms with Crippen LogP contribution in [0.5, 0.6) is 0 Å². The minimum atomic E-state index is -0.451. The van der Waals surface area contributed by atoms with Crippen molar-refractivity contribution in [3.05, 3.63) is 82.4 Å². The topological polar surface area (TPSA) is 101 Å². The monoisotopic (exact) mass is 385 g/mol. The molecule has 0 saturated heterocycles. The lowest BCUT2D eigenvalue weighted by Gasteiger charge is -2.10. The van der Waals surface area contributed by atoms with Crippen molar-refractivity contribution in [3.8, 4) is 0 Å². The zero-order valence-electron chi connectivity index (χ0n) is 14.5. The van der Waals surface area contributed by atoms with E-state index in [0.717, 1.165) is 5.56 Å². The number of nitro groups is 1. The molecular weight excluding hydrogens is 366 g/mol. The van der Waals surface area contributed by atoms with E-state index in [1.54, 1.807) is 42.5 Å². The van der Waals surface area contributed by atoms with E-state index in [9.17, 15) is 19.7 Å². The largest absolute Gasteiger partial charge is 0.349 e. The number of nitrogens with one attached hydrogen (secondary N) is 2. The maximum absolute atomic E-state index is 12.2. The van der Waals surface area contributed by atoms with Crippen molar-refractivity contribution in [2.45, 2.75) is 5.75 Å². The Morgan fingerprint density at radius 1 is 1.15 bits per heavy atom. The fraction of sp³-hybridized carbons (Fsp3) is 0.158. The number of carbonyl (C=O) groups excluding carboxylic acids is 2. The van der Waals surface area contributed by atoms with Crippen LogP contribution in [0.25, 0.3) is 0 Å². The van der Waals surface area contributed by atoms with Crippen molar-refractivity contribution in [1.82, 2.24) is 5.32 Å². The van der Waals surface area contributed by atoms with Crippen LogP contribution in [-0.4, -0.2) is 29.0 Å². The number of hydrogen-bond acceptors (Lipinski definition) is 5. The van der Waals surface area contributed by atoms with Gasteiger partial charge in [-0.3, -0.25) is 19.7 Å². The van der Waals surface area contributed by atoms with Gasteiger partial charge in [-0.15, -0.1) is 18.3 Å². The summed E-state index contributed by atoms with van der Waals surface area (Å²) in [7, 11) is 0. The molecule has 0 radical (unpaired) electrons. The predicted molar refractivity (Wildman–Crippen MR) is 107 cm³/mol. The number of nitrogens with zero attached hydrogens (tertiary/aromatic N) is 1. The second-order valence-corrected chi connectivity index (χ2v) is 6.49. The molecule has 2 aromatic carbocycles. The van der Waals surface area contributed by atoms with Crippen molar-refractivity contribution in [1.29, 1.82) is 0 Å². The fourth-order valence-electron chi connectivity index (χ4n) is 2.21. The third-order valence-corrected chi connectivity index (χ3v) is 4.51. The first-order chi connectivity index (χ1) is 13.0. The van der Waals surface area contributed by atoms with Crippen LogP contribution in [0.2, 0.25) is 0 Å². The number of para-hydroxylation sites is 1. The van der Waals surface area contributed by atoms with Gasteiger partial charge in [0.2, 0.25) is 5.91 Å². The first-order valence-electron chi connectivity index (χ1n) is 8.10. The maximum atomic E-state index is 12.2. The molecular formula is C19H19N3O4S. The van der Waals surface area contributed by atoms with Gasteiger partial charge < -0.3 is 10.6 Å². The molecule has 7 nitrogen and oxygen atoms in total.